The first-order valence-corrected chi connectivity index (χ1v) is 8.93. The van der Waals surface area contributed by atoms with Gasteiger partial charge >= 0.3 is 0 Å². The van der Waals surface area contributed by atoms with Gasteiger partial charge in [0.1, 0.15) is 6.23 Å². The van der Waals surface area contributed by atoms with Crippen LogP contribution in [0.3, 0.4) is 0 Å². The van der Waals surface area contributed by atoms with Crippen molar-refractivity contribution in [3.05, 3.63) is 78.3 Å². The van der Waals surface area contributed by atoms with Gasteiger partial charge in [0.15, 0.2) is 0 Å². The number of pyridine rings is 1. The Hall–Kier alpha value is -2.47. The van der Waals surface area contributed by atoms with Crippen LogP contribution in [0, 0.1) is 0 Å². The van der Waals surface area contributed by atoms with E-state index in [0.717, 1.165) is 24.4 Å². The van der Waals surface area contributed by atoms with E-state index in [4.69, 9.17) is 0 Å². The van der Waals surface area contributed by atoms with Gasteiger partial charge in [-0.05, 0) is 47.4 Å². The molecule has 0 spiro atoms. The molecule has 2 aromatic rings. The predicted molar refractivity (Wildman–Crippen MR) is 103 cm³/mol. The van der Waals surface area contributed by atoms with E-state index in [1.54, 1.807) is 0 Å². The number of benzene rings is 1. The highest BCUT2D eigenvalue weighted by Gasteiger charge is 2.38. The minimum absolute atomic E-state index is 0.236. The van der Waals surface area contributed by atoms with Crippen LogP contribution >= 0.6 is 0 Å². The maximum absolute atomic E-state index is 10.5. The third kappa shape index (κ3) is 3.17. The van der Waals surface area contributed by atoms with Gasteiger partial charge in [-0.25, -0.2) is 0 Å². The van der Waals surface area contributed by atoms with Crippen molar-refractivity contribution in [3.8, 4) is 11.1 Å². The lowest BCUT2D eigenvalue weighted by Crippen LogP contribution is -2.51. The average Bonchev–Trinajstić information content (AvgIpc) is 3.16. The molecule has 134 valence electrons. The smallest absolute Gasteiger partial charge is 0.148 e. The molecule has 5 heteroatoms. The average molecular weight is 348 g/mol. The number of aliphatic hydroxyl groups is 1. The molecule has 1 aromatic carbocycles. The molecule has 2 aliphatic heterocycles. The summed E-state index contributed by atoms with van der Waals surface area (Å²) in [4.78, 5) is 6.07. The Morgan fingerprint density at radius 1 is 1.15 bits per heavy atom. The molecule has 0 radical (unpaired) electrons. The van der Waals surface area contributed by atoms with Crippen molar-refractivity contribution in [2.24, 2.45) is 0 Å². The summed E-state index contributed by atoms with van der Waals surface area (Å²) in [6.45, 7) is 4.23. The first kappa shape index (κ1) is 17.0. The van der Waals surface area contributed by atoms with E-state index in [9.17, 15) is 5.11 Å². The molecule has 1 fully saturated rings. The molecule has 1 saturated heterocycles. The van der Waals surface area contributed by atoms with Gasteiger partial charge in [-0.15, -0.1) is 0 Å². The van der Waals surface area contributed by atoms with Crippen LogP contribution in [0.25, 0.3) is 11.1 Å². The number of aliphatic hydroxyl groups excluding tert-OH is 1. The Kier molecular flexibility index (Phi) is 4.59. The maximum atomic E-state index is 10.5. The quantitative estimate of drug-likeness (QED) is 0.791. The highest BCUT2D eigenvalue weighted by Crippen LogP contribution is 2.29. The second-order valence-electron chi connectivity index (χ2n) is 6.97. The summed E-state index contributed by atoms with van der Waals surface area (Å²) in [6.07, 6.45) is 8.96. The molecule has 0 bridgehead atoms. The summed E-state index contributed by atoms with van der Waals surface area (Å²) < 4.78 is 0. The van der Waals surface area contributed by atoms with E-state index in [1.807, 2.05) is 54.7 Å². The third-order valence-corrected chi connectivity index (χ3v) is 5.24. The molecule has 5 nitrogen and oxygen atoms in total. The molecule has 2 aliphatic rings. The molecule has 2 unspecified atom stereocenters. The zero-order valence-corrected chi connectivity index (χ0v) is 14.9. The summed E-state index contributed by atoms with van der Waals surface area (Å²) in [6, 6.07) is 12.7. The monoisotopic (exact) mass is 348 g/mol. The summed E-state index contributed by atoms with van der Waals surface area (Å²) in [7, 11) is 0. The molecule has 26 heavy (non-hydrogen) atoms. The SMILES string of the molecule is CC1=CC=CN(CC2(c3ccc(-c4ccncc4)cc3)CNCN2)C1O. The van der Waals surface area contributed by atoms with Crippen LogP contribution in [-0.4, -0.2) is 41.0 Å². The van der Waals surface area contributed by atoms with Gasteiger partial charge < -0.3 is 15.3 Å². The van der Waals surface area contributed by atoms with Crippen molar-refractivity contribution in [1.82, 2.24) is 20.5 Å². The van der Waals surface area contributed by atoms with Crippen LogP contribution in [0.4, 0.5) is 0 Å². The highest BCUT2D eigenvalue weighted by molar-refractivity contribution is 5.63. The minimum Gasteiger partial charge on any atom is -0.370 e. The van der Waals surface area contributed by atoms with Crippen molar-refractivity contribution in [1.29, 1.82) is 0 Å². The lowest BCUT2D eigenvalue weighted by Gasteiger charge is -2.38. The molecule has 0 aliphatic carbocycles. The normalized spacial score (nSPS) is 25.4. The summed E-state index contributed by atoms with van der Waals surface area (Å²) in [5.74, 6) is 0. The largest absolute Gasteiger partial charge is 0.370 e. The van der Waals surface area contributed by atoms with E-state index in [1.165, 1.54) is 11.1 Å². The van der Waals surface area contributed by atoms with Gasteiger partial charge in [0.25, 0.3) is 0 Å². The van der Waals surface area contributed by atoms with Gasteiger partial charge in [-0.3, -0.25) is 10.3 Å². The standard InChI is InChI=1S/C21H24N4O/c1-16-3-2-12-25(20(16)26)14-21(13-23-15-24-21)19-6-4-17(5-7-19)18-8-10-22-11-9-18/h2-12,20,23-24,26H,13-15H2,1H3. The Bertz CT molecular complexity index is 808. The van der Waals surface area contributed by atoms with E-state index in [0.29, 0.717) is 6.54 Å². The number of rotatable bonds is 4. The second-order valence-corrected chi connectivity index (χ2v) is 6.97. The van der Waals surface area contributed by atoms with Crippen molar-refractivity contribution in [2.45, 2.75) is 18.7 Å². The van der Waals surface area contributed by atoms with Gasteiger partial charge in [0.2, 0.25) is 0 Å². The van der Waals surface area contributed by atoms with Crippen LogP contribution < -0.4 is 10.6 Å². The van der Waals surface area contributed by atoms with Crippen molar-refractivity contribution >= 4 is 0 Å². The van der Waals surface area contributed by atoms with E-state index in [2.05, 4.69) is 39.9 Å². The maximum Gasteiger partial charge on any atom is 0.148 e. The second kappa shape index (κ2) is 7.03. The third-order valence-electron chi connectivity index (χ3n) is 5.24. The molecule has 3 N–H and O–H groups in total. The molecular formula is C21H24N4O. The molecule has 2 atom stereocenters. The van der Waals surface area contributed by atoms with Crippen LogP contribution in [-0.2, 0) is 5.54 Å². The topological polar surface area (TPSA) is 60.4 Å². The first-order chi connectivity index (χ1) is 12.7. The highest BCUT2D eigenvalue weighted by atomic mass is 16.3. The Balaban J connectivity index is 1.60. The van der Waals surface area contributed by atoms with Crippen LogP contribution in [0.1, 0.15) is 12.5 Å². The fourth-order valence-electron chi connectivity index (χ4n) is 3.69. The minimum atomic E-state index is -0.574. The predicted octanol–water partition coefficient (Wildman–Crippen LogP) is 2.19. The van der Waals surface area contributed by atoms with Gasteiger partial charge in [-0.2, -0.15) is 0 Å². The number of hydrogen-bond acceptors (Lipinski definition) is 5. The molecule has 3 heterocycles. The first-order valence-electron chi connectivity index (χ1n) is 8.93. The number of nitrogens with one attached hydrogen (secondary N) is 2. The molecular weight excluding hydrogens is 324 g/mol. The van der Waals surface area contributed by atoms with Gasteiger partial charge in [-0.1, -0.05) is 30.3 Å². The van der Waals surface area contributed by atoms with Crippen molar-refractivity contribution < 1.29 is 5.11 Å². The number of hydrogen-bond donors (Lipinski definition) is 3. The lowest BCUT2D eigenvalue weighted by atomic mass is 9.88. The van der Waals surface area contributed by atoms with E-state index >= 15 is 0 Å². The molecule has 0 saturated carbocycles. The van der Waals surface area contributed by atoms with Crippen molar-refractivity contribution in [2.75, 3.05) is 19.8 Å². The molecule has 1 aromatic heterocycles. The van der Waals surface area contributed by atoms with Crippen molar-refractivity contribution in [3.63, 3.8) is 0 Å². The zero-order valence-electron chi connectivity index (χ0n) is 14.9. The Morgan fingerprint density at radius 3 is 2.58 bits per heavy atom. The Labute approximate surface area is 154 Å². The van der Waals surface area contributed by atoms with Gasteiger partial charge in [0.05, 0.1) is 5.54 Å². The number of allylic oxidation sites excluding steroid dienone is 2. The van der Waals surface area contributed by atoms with Crippen LogP contribution in [0.5, 0.6) is 0 Å². The van der Waals surface area contributed by atoms with Crippen LogP contribution in [0.15, 0.2) is 72.7 Å². The summed E-state index contributed by atoms with van der Waals surface area (Å²) in [5, 5.41) is 17.5. The lowest BCUT2D eigenvalue weighted by molar-refractivity contribution is 0.0488. The number of nitrogens with zero attached hydrogens (tertiary/aromatic N) is 2. The summed E-state index contributed by atoms with van der Waals surface area (Å²) >= 11 is 0. The Morgan fingerprint density at radius 2 is 1.88 bits per heavy atom. The van der Waals surface area contributed by atoms with Crippen LogP contribution in [0.2, 0.25) is 0 Å². The van der Waals surface area contributed by atoms with E-state index in [-0.39, 0.29) is 5.54 Å². The number of aromatic nitrogens is 1. The van der Waals surface area contributed by atoms with Gasteiger partial charge in [0, 0.05) is 38.4 Å². The summed E-state index contributed by atoms with van der Waals surface area (Å²) in [5.41, 5.74) is 4.27. The zero-order chi connectivity index (χ0) is 18.0. The molecule has 0 amide bonds. The fraction of sp³-hybridized carbons (Fsp3) is 0.286. The fourth-order valence-corrected chi connectivity index (χ4v) is 3.69. The molecule has 4 rings (SSSR count). The van der Waals surface area contributed by atoms with E-state index < -0.39 is 6.23 Å².